The number of nitrogens with one attached hydrogen (secondary N) is 1. The number of benzene rings is 1. The third kappa shape index (κ3) is 3.31. The smallest absolute Gasteiger partial charge is 0.255 e. The molecule has 29 heavy (non-hydrogen) atoms. The Kier molecular flexibility index (Phi) is 4.38. The number of anilines is 2. The molecule has 6 nitrogen and oxygen atoms in total. The molecule has 1 amide bonds. The minimum Gasteiger partial charge on any atom is -0.340 e. The van der Waals surface area contributed by atoms with Crippen molar-refractivity contribution in [3.8, 4) is 0 Å². The quantitative estimate of drug-likeness (QED) is 0.838. The second kappa shape index (κ2) is 6.83. The fourth-order valence-electron chi connectivity index (χ4n) is 5.12. The van der Waals surface area contributed by atoms with Crippen molar-refractivity contribution >= 4 is 27.2 Å². The van der Waals surface area contributed by atoms with E-state index in [1.807, 2.05) is 12.1 Å². The minimum atomic E-state index is -3.02. The number of fused-ring (bicyclic) bond motifs is 5. The van der Waals surface area contributed by atoms with Gasteiger partial charge in [0.05, 0.1) is 17.1 Å². The lowest BCUT2D eigenvalue weighted by atomic mass is 9.88. The number of carbonyl (C=O) groups is 1. The van der Waals surface area contributed by atoms with Crippen LogP contribution < -0.4 is 5.32 Å². The van der Waals surface area contributed by atoms with Crippen molar-refractivity contribution in [2.75, 3.05) is 29.9 Å². The highest BCUT2D eigenvalue weighted by molar-refractivity contribution is 7.91. The van der Waals surface area contributed by atoms with Gasteiger partial charge in [0.25, 0.3) is 5.91 Å². The first-order chi connectivity index (χ1) is 13.9. The summed E-state index contributed by atoms with van der Waals surface area (Å²) in [5, 5.41) is 3.47. The number of nitrogens with zero attached hydrogens (tertiary/aromatic N) is 2. The summed E-state index contributed by atoms with van der Waals surface area (Å²) in [7, 11) is -3.02. The molecule has 7 heteroatoms. The lowest BCUT2D eigenvalue weighted by Gasteiger charge is -2.29. The lowest BCUT2D eigenvalue weighted by molar-refractivity contribution is 0.0768. The van der Waals surface area contributed by atoms with Crippen molar-refractivity contribution in [3.63, 3.8) is 0 Å². The number of carbonyl (C=O) groups excluding carboxylic acids is 1. The third-order valence-electron chi connectivity index (χ3n) is 6.55. The highest BCUT2D eigenvalue weighted by Crippen LogP contribution is 2.56. The summed E-state index contributed by atoms with van der Waals surface area (Å²) in [6.07, 6.45) is 5.03. The van der Waals surface area contributed by atoms with Crippen LogP contribution in [-0.4, -0.2) is 48.8 Å². The molecule has 1 N–H and O–H groups in total. The number of hydrogen-bond acceptors (Lipinski definition) is 5. The fraction of sp³-hybridized carbons (Fsp3) is 0.455. The Morgan fingerprint density at radius 3 is 2.59 bits per heavy atom. The summed E-state index contributed by atoms with van der Waals surface area (Å²) in [6, 6.07) is 8.20. The Labute approximate surface area is 171 Å². The largest absolute Gasteiger partial charge is 0.340 e. The molecule has 3 aliphatic rings. The van der Waals surface area contributed by atoms with Gasteiger partial charge in [-0.1, -0.05) is 12.1 Å². The summed E-state index contributed by atoms with van der Waals surface area (Å²) in [5.74, 6) is 1.74. The van der Waals surface area contributed by atoms with E-state index in [-0.39, 0.29) is 30.5 Å². The van der Waals surface area contributed by atoms with Crippen molar-refractivity contribution in [2.45, 2.75) is 38.0 Å². The Hall–Kier alpha value is -2.41. The zero-order valence-corrected chi connectivity index (χ0v) is 17.3. The Morgan fingerprint density at radius 2 is 1.86 bits per heavy atom. The van der Waals surface area contributed by atoms with Crippen LogP contribution in [0.3, 0.4) is 0 Å². The van der Waals surface area contributed by atoms with Gasteiger partial charge in [-0.15, -0.1) is 0 Å². The van der Waals surface area contributed by atoms with Gasteiger partial charge in [-0.05, 0) is 61.3 Å². The number of pyridine rings is 1. The second-order valence-electron chi connectivity index (χ2n) is 8.49. The summed E-state index contributed by atoms with van der Waals surface area (Å²) in [6.45, 7) is 2.60. The van der Waals surface area contributed by atoms with Crippen molar-refractivity contribution in [1.29, 1.82) is 0 Å². The summed E-state index contributed by atoms with van der Waals surface area (Å²) < 4.78 is 23.5. The number of rotatable bonds is 3. The van der Waals surface area contributed by atoms with Crippen LogP contribution in [0.5, 0.6) is 0 Å². The van der Waals surface area contributed by atoms with Crippen LogP contribution >= 0.6 is 0 Å². The Bertz CT molecular complexity index is 1080. The maximum absolute atomic E-state index is 13.2. The van der Waals surface area contributed by atoms with Crippen molar-refractivity contribution < 1.29 is 13.2 Å². The van der Waals surface area contributed by atoms with Gasteiger partial charge in [-0.2, -0.15) is 0 Å². The van der Waals surface area contributed by atoms with E-state index < -0.39 is 9.84 Å². The van der Waals surface area contributed by atoms with Crippen molar-refractivity contribution in [3.05, 3.63) is 52.7 Å². The minimum absolute atomic E-state index is 0.0490. The van der Waals surface area contributed by atoms with Gasteiger partial charge in [-0.3, -0.25) is 4.79 Å². The molecular formula is C22H25N3O3S. The summed E-state index contributed by atoms with van der Waals surface area (Å²) in [5.41, 5.74) is 5.19. The molecule has 2 atom stereocenters. The van der Waals surface area contributed by atoms with E-state index >= 15 is 0 Å². The van der Waals surface area contributed by atoms with Crippen LogP contribution in [0.15, 0.2) is 30.5 Å². The molecule has 152 valence electrons. The number of sulfone groups is 1. The predicted octanol–water partition coefficient (Wildman–Crippen LogP) is 3.37. The maximum atomic E-state index is 13.2. The van der Waals surface area contributed by atoms with Crippen LogP contribution in [-0.2, 0) is 9.84 Å². The van der Waals surface area contributed by atoms with Gasteiger partial charge in [0.2, 0.25) is 0 Å². The SMILES string of the molecule is Cc1cccc(Nc2ncc(C(=O)N3CCS(=O)(=O)CC3)c3c2C2CCC3C2)c1. The summed E-state index contributed by atoms with van der Waals surface area (Å²) >= 11 is 0. The molecular weight excluding hydrogens is 386 g/mol. The first-order valence-corrected chi connectivity index (χ1v) is 12.1. The zero-order valence-electron chi connectivity index (χ0n) is 16.5. The predicted molar refractivity (Wildman–Crippen MR) is 113 cm³/mol. The fourth-order valence-corrected chi connectivity index (χ4v) is 6.32. The molecule has 1 aliphatic heterocycles. The first kappa shape index (κ1) is 18.6. The highest BCUT2D eigenvalue weighted by Gasteiger charge is 2.42. The molecule has 0 radical (unpaired) electrons. The van der Waals surface area contributed by atoms with Gasteiger partial charge in [0.1, 0.15) is 5.82 Å². The summed E-state index contributed by atoms with van der Waals surface area (Å²) in [4.78, 5) is 19.6. The lowest BCUT2D eigenvalue weighted by Crippen LogP contribution is -2.44. The number of amides is 1. The first-order valence-electron chi connectivity index (χ1n) is 10.3. The zero-order chi connectivity index (χ0) is 20.2. The van der Waals surface area contributed by atoms with Gasteiger partial charge in [0.15, 0.2) is 9.84 Å². The van der Waals surface area contributed by atoms with Crippen molar-refractivity contribution in [1.82, 2.24) is 9.88 Å². The monoisotopic (exact) mass is 411 g/mol. The molecule has 1 saturated carbocycles. The molecule has 2 aliphatic carbocycles. The van der Waals surface area contributed by atoms with Crippen LogP contribution in [0.4, 0.5) is 11.5 Å². The van der Waals surface area contributed by atoms with Crippen LogP contribution in [0.2, 0.25) is 0 Å². The van der Waals surface area contributed by atoms with E-state index in [9.17, 15) is 13.2 Å². The second-order valence-corrected chi connectivity index (χ2v) is 10.8. The normalized spacial score (nSPS) is 24.4. The molecule has 0 spiro atoms. The van der Waals surface area contributed by atoms with E-state index in [2.05, 4.69) is 29.4 Å². The molecule has 5 rings (SSSR count). The molecule has 1 aromatic heterocycles. The average Bonchev–Trinajstić information content (AvgIpc) is 3.30. The molecule has 1 saturated heterocycles. The average molecular weight is 412 g/mol. The highest BCUT2D eigenvalue weighted by atomic mass is 32.2. The van der Waals surface area contributed by atoms with Gasteiger partial charge < -0.3 is 10.2 Å². The van der Waals surface area contributed by atoms with E-state index in [1.54, 1.807) is 11.1 Å². The van der Waals surface area contributed by atoms with E-state index in [0.717, 1.165) is 36.3 Å². The molecule has 2 fully saturated rings. The third-order valence-corrected chi connectivity index (χ3v) is 8.16. The van der Waals surface area contributed by atoms with Gasteiger partial charge >= 0.3 is 0 Å². The Balaban J connectivity index is 1.50. The molecule has 2 heterocycles. The van der Waals surface area contributed by atoms with Crippen molar-refractivity contribution in [2.24, 2.45) is 0 Å². The molecule has 2 unspecified atom stereocenters. The molecule has 2 bridgehead atoms. The number of aryl methyl sites for hydroxylation is 1. The van der Waals surface area contributed by atoms with Crippen LogP contribution in [0.1, 0.15) is 58.1 Å². The van der Waals surface area contributed by atoms with Gasteiger partial charge in [0, 0.05) is 30.5 Å². The Morgan fingerprint density at radius 1 is 1.14 bits per heavy atom. The topological polar surface area (TPSA) is 79.4 Å². The maximum Gasteiger partial charge on any atom is 0.255 e. The molecule has 1 aromatic carbocycles. The van der Waals surface area contributed by atoms with E-state index in [4.69, 9.17) is 0 Å². The van der Waals surface area contributed by atoms with E-state index in [1.165, 1.54) is 11.1 Å². The van der Waals surface area contributed by atoms with Gasteiger partial charge in [-0.25, -0.2) is 13.4 Å². The number of aromatic nitrogens is 1. The van der Waals surface area contributed by atoms with Crippen LogP contribution in [0.25, 0.3) is 0 Å². The van der Waals surface area contributed by atoms with E-state index in [0.29, 0.717) is 17.4 Å². The standard InChI is InChI=1S/C22H25N3O3S/c1-14-3-2-4-17(11-14)24-21-20-16-6-5-15(12-16)19(20)18(13-23-21)22(26)25-7-9-29(27,28)10-8-25/h2-4,11,13,15-16H,5-10,12H2,1H3,(H,23,24). The molecule has 2 aromatic rings. The number of hydrogen-bond donors (Lipinski definition) is 1. The van der Waals surface area contributed by atoms with Crippen LogP contribution in [0, 0.1) is 6.92 Å².